The molecule has 0 aliphatic rings. The number of aromatic nitrogens is 1. The first kappa shape index (κ1) is 10.6. The van der Waals surface area contributed by atoms with Crippen LogP contribution in [0.5, 0.6) is 5.88 Å². The number of aromatic amines is 1. The van der Waals surface area contributed by atoms with Crippen LogP contribution in [0.1, 0.15) is 36.5 Å². The number of aromatic hydroxyl groups is 1. The lowest BCUT2D eigenvalue weighted by molar-refractivity contribution is 0.454. The minimum absolute atomic E-state index is 0.201. The Morgan fingerprint density at radius 3 is 2.62 bits per heavy atom. The van der Waals surface area contributed by atoms with Crippen LogP contribution in [-0.2, 0) is 0 Å². The molecule has 0 saturated heterocycles. The highest BCUT2D eigenvalue weighted by molar-refractivity contribution is 5.92. The van der Waals surface area contributed by atoms with Crippen molar-refractivity contribution in [2.45, 2.75) is 26.7 Å². The molecule has 0 amide bonds. The van der Waals surface area contributed by atoms with Gasteiger partial charge in [0.15, 0.2) is 5.88 Å². The maximum atomic E-state index is 9.67. The molecule has 82 valence electrons. The normalized spacial score (nSPS) is 10.9. The first-order chi connectivity index (χ1) is 7.56. The second-order valence-corrected chi connectivity index (χ2v) is 4.35. The van der Waals surface area contributed by atoms with Crippen molar-refractivity contribution >= 4 is 10.9 Å². The summed E-state index contributed by atoms with van der Waals surface area (Å²) in [7, 11) is 0. The number of hydrogen-bond acceptors (Lipinski definition) is 1. The van der Waals surface area contributed by atoms with Gasteiger partial charge in [-0.25, -0.2) is 0 Å². The second kappa shape index (κ2) is 3.61. The van der Waals surface area contributed by atoms with Crippen molar-refractivity contribution in [1.82, 2.24) is 4.98 Å². The summed E-state index contributed by atoms with van der Waals surface area (Å²) in [6.07, 6.45) is 5.59. The van der Waals surface area contributed by atoms with E-state index in [0.29, 0.717) is 5.92 Å². The fourth-order valence-corrected chi connectivity index (χ4v) is 2.09. The third-order valence-electron chi connectivity index (χ3n) is 2.99. The summed E-state index contributed by atoms with van der Waals surface area (Å²) in [5.74, 6) is 3.33. The van der Waals surface area contributed by atoms with E-state index < -0.39 is 0 Å². The van der Waals surface area contributed by atoms with Crippen molar-refractivity contribution in [3.8, 4) is 18.2 Å². The Kier molecular flexibility index (Phi) is 2.40. The molecule has 0 radical (unpaired) electrons. The molecule has 1 heterocycles. The molecule has 0 unspecified atom stereocenters. The predicted molar refractivity (Wildman–Crippen MR) is 66.7 cm³/mol. The van der Waals surface area contributed by atoms with E-state index in [2.05, 4.69) is 24.8 Å². The van der Waals surface area contributed by atoms with E-state index in [-0.39, 0.29) is 5.88 Å². The number of terminal acetylenes is 1. The van der Waals surface area contributed by atoms with Crippen molar-refractivity contribution in [3.05, 3.63) is 28.8 Å². The first-order valence-electron chi connectivity index (χ1n) is 5.37. The molecule has 2 nitrogen and oxygen atoms in total. The monoisotopic (exact) mass is 213 g/mol. The van der Waals surface area contributed by atoms with Crippen LogP contribution in [0.2, 0.25) is 0 Å². The average Bonchev–Trinajstić information content (AvgIpc) is 2.53. The highest BCUT2D eigenvalue weighted by atomic mass is 16.3. The average molecular weight is 213 g/mol. The summed E-state index contributed by atoms with van der Waals surface area (Å²) < 4.78 is 0. The Balaban J connectivity index is 2.91. The Hall–Kier alpha value is -1.88. The Morgan fingerprint density at radius 1 is 1.38 bits per heavy atom. The zero-order valence-corrected chi connectivity index (χ0v) is 9.76. The van der Waals surface area contributed by atoms with Gasteiger partial charge in [0.2, 0.25) is 0 Å². The number of hydrogen-bond donors (Lipinski definition) is 2. The molecule has 0 spiro atoms. The van der Waals surface area contributed by atoms with E-state index in [4.69, 9.17) is 6.42 Å². The lowest BCUT2D eigenvalue weighted by Crippen LogP contribution is -1.93. The third-order valence-corrected chi connectivity index (χ3v) is 2.99. The maximum absolute atomic E-state index is 9.67. The minimum Gasteiger partial charge on any atom is -0.494 e. The zero-order chi connectivity index (χ0) is 11.9. The van der Waals surface area contributed by atoms with E-state index >= 15 is 0 Å². The van der Waals surface area contributed by atoms with Gasteiger partial charge in [-0.05, 0) is 24.5 Å². The lowest BCUT2D eigenvalue weighted by atomic mass is 9.94. The van der Waals surface area contributed by atoms with Crippen LogP contribution in [0.4, 0.5) is 0 Å². The molecule has 1 aromatic carbocycles. The number of aryl methyl sites for hydroxylation is 1. The summed E-state index contributed by atoms with van der Waals surface area (Å²) in [5.41, 5.74) is 3.76. The van der Waals surface area contributed by atoms with Gasteiger partial charge < -0.3 is 10.1 Å². The molecule has 2 aromatic rings. The molecule has 2 N–H and O–H groups in total. The Morgan fingerprint density at radius 2 is 2.06 bits per heavy atom. The van der Waals surface area contributed by atoms with Crippen LogP contribution in [0.25, 0.3) is 10.9 Å². The summed E-state index contributed by atoms with van der Waals surface area (Å²) >= 11 is 0. The highest BCUT2D eigenvalue weighted by Gasteiger charge is 2.14. The zero-order valence-electron chi connectivity index (χ0n) is 9.76. The largest absolute Gasteiger partial charge is 0.494 e. The van der Waals surface area contributed by atoms with Gasteiger partial charge in [-0.3, -0.25) is 0 Å². The van der Waals surface area contributed by atoms with E-state index in [1.807, 2.05) is 19.1 Å². The predicted octanol–water partition coefficient (Wildman–Crippen LogP) is 3.29. The van der Waals surface area contributed by atoms with Crippen molar-refractivity contribution in [2.24, 2.45) is 0 Å². The van der Waals surface area contributed by atoms with Crippen LogP contribution in [0.15, 0.2) is 12.1 Å². The molecular formula is C14H15NO. The number of nitrogens with one attached hydrogen (secondary N) is 1. The molecule has 0 atom stereocenters. The number of fused-ring (bicyclic) bond motifs is 1. The number of rotatable bonds is 1. The molecule has 0 bridgehead atoms. The van der Waals surface area contributed by atoms with E-state index in [1.165, 1.54) is 0 Å². The molecule has 2 heteroatoms. The second-order valence-electron chi connectivity index (χ2n) is 4.35. The summed E-state index contributed by atoms with van der Waals surface area (Å²) in [4.78, 5) is 2.93. The maximum Gasteiger partial charge on any atom is 0.192 e. The standard InChI is InChI=1S/C14H15NO/c1-5-10-11(8(2)3)6-7-12-13(10)9(4)14(16)15-12/h1,6-8,15-16H,2-4H3. The fourth-order valence-electron chi connectivity index (χ4n) is 2.09. The van der Waals surface area contributed by atoms with Crippen molar-refractivity contribution in [1.29, 1.82) is 0 Å². The minimum atomic E-state index is 0.201. The Bertz CT molecular complexity index is 585. The molecule has 0 fully saturated rings. The molecule has 1 aromatic heterocycles. The first-order valence-corrected chi connectivity index (χ1v) is 5.37. The third kappa shape index (κ3) is 1.37. The molecule has 2 rings (SSSR count). The van der Waals surface area contributed by atoms with Crippen LogP contribution >= 0.6 is 0 Å². The van der Waals surface area contributed by atoms with Gasteiger partial charge in [0.05, 0.1) is 0 Å². The number of benzene rings is 1. The van der Waals surface area contributed by atoms with Gasteiger partial charge in [0.1, 0.15) is 0 Å². The molecule has 0 aliphatic carbocycles. The lowest BCUT2D eigenvalue weighted by Gasteiger charge is -2.09. The summed E-state index contributed by atoms with van der Waals surface area (Å²) in [6.45, 7) is 6.10. The van der Waals surface area contributed by atoms with E-state index in [0.717, 1.165) is 27.6 Å². The summed E-state index contributed by atoms with van der Waals surface area (Å²) in [6, 6.07) is 4.00. The van der Waals surface area contributed by atoms with E-state index in [1.54, 1.807) is 0 Å². The Labute approximate surface area is 95.3 Å². The van der Waals surface area contributed by atoms with Crippen molar-refractivity contribution in [2.75, 3.05) is 0 Å². The van der Waals surface area contributed by atoms with Gasteiger partial charge in [-0.2, -0.15) is 0 Å². The smallest absolute Gasteiger partial charge is 0.192 e. The quantitative estimate of drug-likeness (QED) is 0.701. The van der Waals surface area contributed by atoms with E-state index in [9.17, 15) is 5.11 Å². The van der Waals surface area contributed by atoms with Crippen molar-refractivity contribution in [3.63, 3.8) is 0 Å². The van der Waals surface area contributed by atoms with Gasteiger partial charge >= 0.3 is 0 Å². The van der Waals surface area contributed by atoms with Crippen LogP contribution < -0.4 is 0 Å². The van der Waals surface area contributed by atoms with Crippen LogP contribution in [0.3, 0.4) is 0 Å². The van der Waals surface area contributed by atoms with Crippen molar-refractivity contribution < 1.29 is 5.11 Å². The summed E-state index contributed by atoms with van der Waals surface area (Å²) in [5, 5.41) is 10.6. The highest BCUT2D eigenvalue weighted by Crippen LogP contribution is 2.33. The SMILES string of the molecule is C#Cc1c(C(C)C)ccc2[nH]c(O)c(C)c12. The topological polar surface area (TPSA) is 36.0 Å². The van der Waals surface area contributed by atoms with Gasteiger partial charge in [-0.15, -0.1) is 6.42 Å². The molecule has 16 heavy (non-hydrogen) atoms. The van der Waals surface area contributed by atoms with Crippen LogP contribution in [-0.4, -0.2) is 10.1 Å². The van der Waals surface area contributed by atoms with Crippen LogP contribution in [0, 0.1) is 19.3 Å². The fraction of sp³-hybridized carbons (Fsp3) is 0.286. The molecule has 0 aliphatic heterocycles. The van der Waals surface area contributed by atoms with Gasteiger partial charge in [0.25, 0.3) is 0 Å². The number of H-pyrrole nitrogens is 1. The molecular weight excluding hydrogens is 198 g/mol. The van der Waals surface area contributed by atoms with Gasteiger partial charge in [0, 0.05) is 22.0 Å². The molecule has 0 saturated carbocycles. The van der Waals surface area contributed by atoms with Gasteiger partial charge in [-0.1, -0.05) is 25.8 Å².